The monoisotopic (exact) mass is 471 g/mol. The van der Waals surface area contributed by atoms with Crippen molar-refractivity contribution in [3.63, 3.8) is 0 Å². The Morgan fingerprint density at radius 2 is 1.85 bits per heavy atom. The lowest BCUT2D eigenvalue weighted by Crippen LogP contribution is -2.15. The Bertz CT molecular complexity index is 1220. The van der Waals surface area contributed by atoms with Gasteiger partial charge in [-0.3, -0.25) is 4.79 Å². The number of ether oxygens (including phenoxy) is 2. The van der Waals surface area contributed by atoms with Crippen molar-refractivity contribution in [2.45, 2.75) is 31.9 Å². The SMILES string of the molecule is CCn1ncc(C(=O)c2ccc(S(C)(=O)=O)c(NCCOC)c2C)c1OCc1ccccc1. The van der Waals surface area contributed by atoms with Gasteiger partial charge in [-0.2, -0.15) is 5.10 Å². The number of sulfone groups is 1. The van der Waals surface area contributed by atoms with Gasteiger partial charge in [0.15, 0.2) is 15.6 Å². The molecule has 3 rings (SSSR count). The average molecular weight is 472 g/mol. The predicted molar refractivity (Wildman–Crippen MR) is 127 cm³/mol. The van der Waals surface area contributed by atoms with Gasteiger partial charge in [0.1, 0.15) is 12.2 Å². The quantitative estimate of drug-likeness (QED) is 0.338. The van der Waals surface area contributed by atoms with Gasteiger partial charge in [0, 0.05) is 32.0 Å². The van der Waals surface area contributed by atoms with Crippen LogP contribution in [0.3, 0.4) is 0 Å². The van der Waals surface area contributed by atoms with Crippen LogP contribution in [0, 0.1) is 6.92 Å². The molecule has 0 atom stereocenters. The fraction of sp³-hybridized carbons (Fsp3) is 0.333. The van der Waals surface area contributed by atoms with Crippen LogP contribution in [0.4, 0.5) is 5.69 Å². The zero-order valence-corrected chi connectivity index (χ0v) is 20.1. The second kappa shape index (κ2) is 10.6. The molecule has 0 saturated carbocycles. The number of hydrogen-bond acceptors (Lipinski definition) is 7. The number of aryl methyl sites for hydroxylation is 1. The molecule has 0 saturated heterocycles. The van der Waals surface area contributed by atoms with E-state index in [1.807, 2.05) is 37.3 Å². The van der Waals surface area contributed by atoms with Gasteiger partial charge in [0.05, 0.1) is 23.4 Å². The van der Waals surface area contributed by atoms with Crippen LogP contribution in [0.25, 0.3) is 0 Å². The molecule has 8 nitrogen and oxygen atoms in total. The molecule has 1 heterocycles. The number of aromatic nitrogens is 2. The van der Waals surface area contributed by atoms with Crippen molar-refractivity contribution in [1.82, 2.24) is 9.78 Å². The minimum absolute atomic E-state index is 0.137. The Balaban J connectivity index is 1.99. The summed E-state index contributed by atoms with van der Waals surface area (Å²) >= 11 is 0. The summed E-state index contributed by atoms with van der Waals surface area (Å²) in [7, 11) is -1.94. The lowest BCUT2D eigenvalue weighted by molar-refractivity contribution is 0.103. The molecule has 0 bridgehead atoms. The van der Waals surface area contributed by atoms with E-state index in [9.17, 15) is 13.2 Å². The number of ketones is 1. The van der Waals surface area contributed by atoms with Crippen molar-refractivity contribution in [1.29, 1.82) is 0 Å². The van der Waals surface area contributed by atoms with Crippen LogP contribution in [0.2, 0.25) is 0 Å². The Hall–Kier alpha value is -3.17. The van der Waals surface area contributed by atoms with Gasteiger partial charge in [-0.15, -0.1) is 0 Å². The first-order valence-corrected chi connectivity index (χ1v) is 12.5. The largest absolute Gasteiger partial charge is 0.472 e. The minimum Gasteiger partial charge on any atom is -0.472 e. The van der Waals surface area contributed by atoms with Crippen molar-refractivity contribution in [3.05, 3.63) is 70.9 Å². The fourth-order valence-electron chi connectivity index (χ4n) is 3.52. The molecule has 0 amide bonds. The maximum atomic E-state index is 13.5. The Kier molecular flexibility index (Phi) is 7.88. The van der Waals surface area contributed by atoms with Crippen LogP contribution in [0.5, 0.6) is 5.88 Å². The zero-order chi connectivity index (χ0) is 24.0. The third kappa shape index (κ3) is 5.61. The molecule has 0 spiro atoms. The Morgan fingerprint density at radius 1 is 1.12 bits per heavy atom. The van der Waals surface area contributed by atoms with Gasteiger partial charge in [-0.1, -0.05) is 30.3 Å². The number of nitrogens with zero attached hydrogens (tertiary/aromatic N) is 2. The molecule has 1 N–H and O–H groups in total. The molecular weight excluding hydrogens is 442 g/mol. The molecule has 2 aromatic carbocycles. The lowest BCUT2D eigenvalue weighted by atomic mass is 9.99. The van der Waals surface area contributed by atoms with Crippen molar-refractivity contribution in [2.24, 2.45) is 0 Å². The molecule has 1 aromatic heterocycles. The first kappa shape index (κ1) is 24.5. The topological polar surface area (TPSA) is 99.5 Å². The second-order valence-corrected chi connectivity index (χ2v) is 9.57. The number of carbonyl (C=O) groups is 1. The molecule has 0 aliphatic heterocycles. The van der Waals surface area contributed by atoms with Gasteiger partial charge in [0.25, 0.3) is 0 Å². The summed E-state index contributed by atoms with van der Waals surface area (Å²) in [5, 5.41) is 7.41. The smallest absolute Gasteiger partial charge is 0.223 e. The molecule has 0 unspecified atom stereocenters. The highest BCUT2D eigenvalue weighted by Crippen LogP contribution is 2.31. The van der Waals surface area contributed by atoms with Crippen LogP contribution >= 0.6 is 0 Å². The highest BCUT2D eigenvalue weighted by Gasteiger charge is 2.25. The predicted octanol–water partition coefficient (Wildman–Crippen LogP) is 3.48. The van der Waals surface area contributed by atoms with Gasteiger partial charge in [-0.05, 0) is 37.1 Å². The summed E-state index contributed by atoms with van der Waals surface area (Å²) in [6.07, 6.45) is 2.64. The number of nitrogens with one attached hydrogen (secondary N) is 1. The van der Waals surface area contributed by atoms with Crippen molar-refractivity contribution in [2.75, 3.05) is 31.8 Å². The highest BCUT2D eigenvalue weighted by molar-refractivity contribution is 7.90. The molecular formula is C24H29N3O5S. The molecule has 176 valence electrons. The second-order valence-electron chi connectivity index (χ2n) is 7.59. The van der Waals surface area contributed by atoms with E-state index in [4.69, 9.17) is 9.47 Å². The summed E-state index contributed by atoms with van der Waals surface area (Å²) in [5.41, 5.74) is 2.61. The number of carbonyl (C=O) groups excluding carboxylic acids is 1. The summed E-state index contributed by atoms with van der Waals surface area (Å²) in [4.78, 5) is 13.7. The van der Waals surface area contributed by atoms with E-state index in [1.54, 1.807) is 24.8 Å². The molecule has 0 fully saturated rings. The average Bonchev–Trinajstić information content (AvgIpc) is 3.21. The maximum absolute atomic E-state index is 13.5. The maximum Gasteiger partial charge on any atom is 0.223 e. The number of rotatable bonds is 11. The molecule has 0 aliphatic rings. The van der Waals surface area contributed by atoms with Crippen LogP contribution in [-0.4, -0.2) is 50.5 Å². The Morgan fingerprint density at radius 3 is 2.48 bits per heavy atom. The molecule has 9 heteroatoms. The summed E-state index contributed by atoms with van der Waals surface area (Å²) in [6.45, 7) is 5.26. The van der Waals surface area contributed by atoms with Gasteiger partial charge >= 0.3 is 0 Å². The van der Waals surface area contributed by atoms with Crippen LogP contribution in [-0.2, 0) is 27.7 Å². The molecule has 3 aromatic rings. The van der Waals surface area contributed by atoms with Crippen LogP contribution < -0.4 is 10.1 Å². The first-order chi connectivity index (χ1) is 15.8. The number of anilines is 1. The van der Waals surface area contributed by atoms with E-state index in [0.717, 1.165) is 11.8 Å². The van der Waals surface area contributed by atoms with E-state index in [2.05, 4.69) is 10.4 Å². The van der Waals surface area contributed by atoms with Crippen LogP contribution in [0.15, 0.2) is 53.6 Å². The van der Waals surface area contributed by atoms with E-state index in [-0.39, 0.29) is 10.7 Å². The minimum atomic E-state index is -3.50. The van der Waals surface area contributed by atoms with E-state index in [0.29, 0.717) is 54.6 Å². The third-order valence-corrected chi connectivity index (χ3v) is 6.37. The number of hydrogen-bond donors (Lipinski definition) is 1. The van der Waals surface area contributed by atoms with Crippen molar-refractivity contribution >= 4 is 21.3 Å². The van der Waals surface area contributed by atoms with Crippen LogP contribution in [0.1, 0.15) is 34.0 Å². The molecule has 0 aliphatic carbocycles. The number of methoxy groups -OCH3 is 1. The molecule has 0 radical (unpaired) electrons. The standard InChI is InChI=1S/C24H29N3O5S/c1-5-27-24(32-16-18-9-7-6-8-10-18)20(15-26-27)23(28)19-11-12-21(33(4,29)30)22(17(19)2)25-13-14-31-3/h6-12,15,25H,5,13-14,16H2,1-4H3. The van der Waals surface area contributed by atoms with E-state index in [1.165, 1.54) is 12.3 Å². The number of benzene rings is 2. The van der Waals surface area contributed by atoms with Gasteiger partial charge in [0.2, 0.25) is 5.88 Å². The van der Waals surface area contributed by atoms with E-state index >= 15 is 0 Å². The summed E-state index contributed by atoms with van der Waals surface area (Å²) in [6, 6.07) is 12.7. The van der Waals surface area contributed by atoms with Crippen molar-refractivity contribution in [3.8, 4) is 5.88 Å². The molecule has 33 heavy (non-hydrogen) atoms. The highest BCUT2D eigenvalue weighted by atomic mass is 32.2. The van der Waals surface area contributed by atoms with Gasteiger partial charge in [-0.25, -0.2) is 13.1 Å². The third-order valence-electron chi connectivity index (χ3n) is 5.23. The summed E-state index contributed by atoms with van der Waals surface area (Å²) in [5.74, 6) is 0.0944. The normalized spacial score (nSPS) is 11.4. The fourth-order valence-corrected chi connectivity index (χ4v) is 4.43. The van der Waals surface area contributed by atoms with Crippen molar-refractivity contribution < 1.29 is 22.7 Å². The first-order valence-electron chi connectivity index (χ1n) is 10.6. The lowest BCUT2D eigenvalue weighted by Gasteiger charge is -2.17. The summed E-state index contributed by atoms with van der Waals surface area (Å²) < 4.78 is 37.3. The van der Waals surface area contributed by atoms with Gasteiger partial charge < -0.3 is 14.8 Å². The Labute approximate surface area is 194 Å². The zero-order valence-electron chi connectivity index (χ0n) is 19.3. The van der Waals surface area contributed by atoms with E-state index < -0.39 is 9.84 Å².